The summed E-state index contributed by atoms with van der Waals surface area (Å²) in [4.78, 5) is 0. The van der Waals surface area contributed by atoms with Gasteiger partial charge in [0.15, 0.2) is 0 Å². The molecule has 4 nitrogen and oxygen atoms in total. The summed E-state index contributed by atoms with van der Waals surface area (Å²) in [6.45, 7) is 2.79. The number of ether oxygens (including phenoxy) is 1. The molecule has 0 radical (unpaired) electrons. The molecule has 104 valence electrons. The van der Waals surface area contributed by atoms with Crippen LogP contribution < -0.4 is 10.5 Å². The molecular formula is C16H19N3O. The number of benzene rings is 2. The van der Waals surface area contributed by atoms with Crippen LogP contribution in [0.15, 0.2) is 58.8 Å². The monoisotopic (exact) mass is 269 g/mol. The van der Waals surface area contributed by atoms with Crippen molar-refractivity contribution in [1.29, 1.82) is 0 Å². The van der Waals surface area contributed by atoms with E-state index in [1.165, 1.54) is 0 Å². The molecule has 0 bridgehead atoms. The molecule has 0 aromatic heterocycles. The van der Waals surface area contributed by atoms with Crippen LogP contribution in [0.4, 0.5) is 17.1 Å². The van der Waals surface area contributed by atoms with Crippen molar-refractivity contribution in [1.82, 2.24) is 0 Å². The van der Waals surface area contributed by atoms with Crippen LogP contribution >= 0.6 is 0 Å². The van der Waals surface area contributed by atoms with Crippen LogP contribution in [0.1, 0.15) is 19.8 Å². The van der Waals surface area contributed by atoms with Crippen molar-refractivity contribution >= 4 is 17.1 Å². The van der Waals surface area contributed by atoms with E-state index in [-0.39, 0.29) is 0 Å². The van der Waals surface area contributed by atoms with Gasteiger partial charge in [-0.05, 0) is 30.7 Å². The highest BCUT2D eigenvalue weighted by Gasteiger charge is 2.02. The van der Waals surface area contributed by atoms with Crippen molar-refractivity contribution in [2.75, 3.05) is 12.3 Å². The molecule has 0 atom stereocenters. The summed E-state index contributed by atoms with van der Waals surface area (Å²) in [6.07, 6.45) is 2.10. The van der Waals surface area contributed by atoms with Gasteiger partial charge in [0.2, 0.25) is 0 Å². The van der Waals surface area contributed by atoms with E-state index in [4.69, 9.17) is 10.5 Å². The Labute approximate surface area is 119 Å². The van der Waals surface area contributed by atoms with E-state index in [9.17, 15) is 0 Å². The van der Waals surface area contributed by atoms with Crippen molar-refractivity contribution in [2.45, 2.75) is 19.8 Å². The Morgan fingerprint density at radius 1 is 1.00 bits per heavy atom. The maximum atomic E-state index is 5.88. The predicted octanol–water partition coefficient (Wildman–Crippen LogP) is 4.86. The quantitative estimate of drug-likeness (QED) is 0.462. The molecular weight excluding hydrogens is 250 g/mol. The number of rotatable bonds is 6. The Bertz CT molecular complexity index is 567. The summed E-state index contributed by atoms with van der Waals surface area (Å²) in [7, 11) is 0. The molecule has 0 heterocycles. The van der Waals surface area contributed by atoms with Crippen LogP contribution in [-0.4, -0.2) is 6.61 Å². The van der Waals surface area contributed by atoms with Crippen molar-refractivity contribution in [3.05, 3.63) is 48.5 Å². The van der Waals surface area contributed by atoms with E-state index in [0.717, 1.165) is 24.2 Å². The zero-order chi connectivity index (χ0) is 14.2. The molecule has 20 heavy (non-hydrogen) atoms. The first-order chi connectivity index (χ1) is 9.79. The standard InChI is InChI=1S/C16H19N3O/c1-2-3-11-20-16-12-14(9-10-15(16)17)19-18-13-7-5-4-6-8-13/h4-10,12H,2-3,11,17H2,1H3. The fourth-order valence-corrected chi connectivity index (χ4v) is 1.65. The van der Waals surface area contributed by atoms with Crippen LogP contribution in [0.2, 0.25) is 0 Å². The van der Waals surface area contributed by atoms with Crippen molar-refractivity contribution in [3.63, 3.8) is 0 Å². The number of hydrogen-bond acceptors (Lipinski definition) is 4. The highest BCUT2D eigenvalue weighted by atomic mass is 16.5. The van der Waals surface area contributed by atoms with Crippen molar-refractivity contribution < 1.29 is 4.74 Å². The van der Waals surface area contributed by atoms with Gasteiger partial charge in [-0.3, -0.25) is 0 Å². The van der Waals surface area contributed by atoms with E-state index in [1.807, 2.05) is 42.5 Å². The lowest BCUT2D eigenvalue weighted by molar-refractivity contribution is 0.311. The lowest BCUT2D eigenvalue weighted by Crippen LogP contribution is -1.99. The third kappa shape index (κ3) is 4.09. The van der Waals surface area contributed by atoms with E-state index in [0.29, 0.717) is 18.0 Å². The number of anilines is 1. The average Bonchev–Trinajstić information content (AvgIpc) is 2.49. The Hall–Kier alpha value is -2.36. The Kier molecular flexibility index (Phi) is 5.12. The molecule has 2 aromatic carbocycles. The van der Waals surface area contributed by atoms with Crippen LogP contribution in [0, 0.1) is 0 Å². The van der Waals surface area contributed by atoms with Gasteiger partial charge in [0, 0.05) is 6.07 Å². The van der Waals surface area contributed by atoms with Gasteiger partial charge in [0.05, 0.1) is 23.7 Å². The molecule has 0 fully saturated rings. The second-order valence-corrected chi connectivity index (χ2v) is 4.46. The first kappa shape index (κ1) is 14.1. The normalized spacial score (nSPS) is 10.8. The minimum absolute atomic E-state index is 0.625. The highest BCUT2D eigenvalue weighted by molar-refractivity contribution is 5.59. The van der Waals surface area contributed by atoms with Gasteiger partial charge in [0.1, 0.15) is 5.75 Å². The molecule has 0 saturated carbocycles. The molecule has 4 heteroatoms. The third-order valence-corrected chi connectivity index (χ3v) is 2.79. The highest BCUT2D eigenvalue weighted by Crippen LogP contribution is 2.28. The molecule has 0 amide bonds. The lowest BCUT2D eigenvalue weighted by atomic mass is 10.2. The second kappa shape index (κ2) is 7.28. The molecule has 0 spiro atoms. The topological polar surface area (TPSA) is 60.0 Å². The van der Waals surface area contributed by atoms with Gasteiger partial charge < -0.3 is 10.5 Å². The number of hydrogen-bond donors (Lipinski definition) is 1. The maximum absolute atomic E-state index is 5.88. The molecule has 2 aromatic rings. The molecule has 0 aliphatic heterocycles. The number of nitrogen functional groups attached to an aromatic ring is 1. The average molecular weight is 269 g/mol. The van der Waals surface area contributed by atoms with E-state index >= 15 is 0 Å². The minimum Gasteiger partial charge on any atom is -0.491 e. The number of nitrogens with zero attached hydrogens (tertiary/aromatic N) is 2. The van der Waals surface area contributed by atoms with E-state index < -0.39 is 0 Å². The zero-order valence-corrected chi connectivity index (χ0v) is 11.6. The van der Waals surface area contributed by atoms with Crippen LogP contribution in [0.5, 0.6) is 5.75 Å². The van der Waals surface area contributed by atoms with Crippen molar-refractivity contribution in [2.24, 2.45) is 10.2 Å². The minimum atomic E-state index is 0.625. The van der Waals surface area contributed by atoms with Gasteiger partial charge in [-0.2, -0.15) is 10.2 Å². The molecule has 0 aliphatic rings. The zero-order valence-electron chi connectivity index (χ0n) is 11.6. The number of azo groups is 1. The van der Waals surface area contributed by atoms with E-state index in [1.54, 1.807) is 6.07 Å². The van der Waals surface area contributed by atoms with Gasteiger partial charge in [-0.15, -0.1) is 0 Å². The SMILES string of the molecule is CCCCOc1cc(N=Nc2ccccc2)ccc1N. The fourth-order valence-electron chi connectivity index (χ4n) is 1.65. The maximum Gasteiger partial charge on any atom is 0.144 e. The van der Waals surface area contributed by atoms with Gasteiger partial charge in [0.25, 0.3) is 0 Å². The summed E-state index contributed by atoms with van der Waals surface area (Å²) >= 11 is 0. The number of nitrogens with two attached hydrogens (primary N) is 1. The van der Waals surface area contributed by atoms with Crippen LogP contribution in [-0.2, 0) is 0 Å². The van der Waals surface area contributed by atoms with Crippen LogP contribution in [0.3, 0.4) is 0 Å². The lowest BCUT2D eigenvalue weighted by Gasteiger charge is -2.08. The first-order valence-corrected chi connectivity index (χ1v) is 6.78. The second-order valence-electron chi connectivity index (χ2n) is 4.46. The Morgan fingerprint density at radius 2 is 1.75 bits per heavy atom. The molecule has 2 N–H and O–H groups in total. The molecule has 0 saturated heterocycles. The first-order valence-electron chi connectivity index (χ1n) is 6.78. The molecule has 2 rings (SSSR count). The smallest absolute Gasteiger partial charge is 0.144 e. The summed E-state index contributed by atoms with van der Waals surface area (Å²) in [6, 6.07) is 15.0. The van der Waals surface area contributed by atoms with Gasteiger partial charge in [-0.25, -0.2) is 0 Å². The number of unbranched alkanes of at least 4 members (excludes halogenated alkanes) is 1. The van der Waals surface area contributed by atoms with Gasteiger partial charge >= 0.3 is 0 Å². The molecule has 0 aliphatic carbocycles. The summed E-state index contributed by atoms with van der Waals surface area (Å²) in [5.74, 6) is 0.669. The van der Waals surface area contributed by atoms with Crippen molar-refractivity contribution in [3.8, 4) is 5.75 Å². The van der Waals surface area contributed by atoms with Gasteiger partial charge in [-0.1, -0.05) is 31.5 Å². The summed E-state index contributed by atoms with van der Waals surface area (Å²) in [5, 5.41) is 8.37. The summed E-state index contributed by atoms with van der Waals surface area (Å²) < 4.78 is 5.64. The third-order valence-electron chi connectivity index (χ3n) is 2.79. The van der Waals surface area contributed by atoms with E-state index in [2.05, 4.69) is 17.2 Å². The fraction of sp³-hybridized carbons (Fsp3) is 0.250. The largest absolute Gasteiger partial charge is 0.491 e. The molecule has 0 unspecified atom stereocenters. The Balaban J connectivity index is 2.09. The Morgan fingerprint density at radius 3 is 2.50 bits per heavy atom. The predicted molar refractivity (Wildman–Crippen MR) is 81.9 cm³/mol. The van der Waals surface area contributed by atoms with Crippen LogP contribution in [0.25, 0.3) is 0 Å². The summed E-state index contributed by atoms with van der Waals surface area (Å²) in [5.41, 5.74) is 8.05.